The molecule has 0 bridgehead atoms. The molecule has 3 nitrogen and oxygen atoms in total. The van der Waals surface area contributed by atoms with Gasteiger partial charge in [-0.25, -0.2) is 5.43 Å². The van der Waals surface area contributed by atoms with Gasteiger partial charge in [0.15, 0.2) is 0 Å². The Morgan fingerprint density at radius 1 is 1.12 bits per heavy atom. The fraction of sp³-hybridized carbons (Fsp3) is 0.0526. The molecule has 0 unspecified atom stereocenters. The lowest BCUT2D eigenvalue weighted by Gasteiger charge is -2.04. The van der Waals surface area contributed by atoms with E-state index in [4.69, 9.17) is 11.6 Å². The van der Waals surface area contributed by atoms with Crippen molar-refractivity contribution in [2.75, 3.05) is 0 Å². The maximum absolute atomic E-state index is 12.1. The summed E-state index contributed by atoms with van der Waals surface area (Å²) in [7, 11) is 0. The van der Waals surface area contributed by atoms with E-state index in [-0.39, 0.29) is 5.91 Å². The van der Waals surface area contributed by atoms with E-state index in [0.29, 0.717) is 5.56 Å². The number of hydrazone groups is 1. The minimum absolute atomic E-state index is 0.218. The van der Waals surface area contributed by atoms with Crippen molar-refractivity contribution < 1.29 is 4.79 Å². The average molecular weight is 387 g/mol. The topological polar surface area (TPSA) is 41.5 Å². The molecule has 0 radical (unpaired) electrons. The summed E-state index contributed by atoms with van der Waals surface area (Å²) in [6, 6.07) is 19.2. The van der Waals surface area contributed by atoms with Crippen LogP contribution < -0.4 is 5.43 Å². The van der Waals surface area contributed by atoms with Crippen molar-refractivity contribution >= 4 is 46.8 Å². The van der Waals surface area contributed by atoms with E-state index in [1.165, 1.54) is 0 Å². The SMILES string of the molecule is O=C(N/N=C/c1cccs1)c1ccc(CSc2ccc(Cl)cc2)cc1. The average Bonchev–Trinajstić information content (AvgIpc) is 3.15. The highest BCUT2D eigenvalue weighted by atomic mass is 35.5. The molecule has 2 aromatic carbocycles. The highest BCUT2D eigenvalue weighted by molar-refractivity contribution is 7.98. The Labute approximate surface area is 159 Å². The van der Waals surface area contributed by atoms with Gasteiger partial charge in [-0.3, -0.25) is 4.79 Å². The zero-order valence-corrected chi connectivity index (χ0v) is 15.6. The molecular formula is C19H15ClN2OS2. The molecule has 0 spiro atoms. The van der Waals surface area contributed by atoms with Crippen molar-refractivity contribution in [1.29, 1.82) is 0 Å². The van der Waals surface area contributed by atoms with Crippen molar-refractivity contribution in [3.63, 3.8) is 0 Å². The first kappa shape index (κ1) is 17.7. The lowest BCUT2D eigenvalue weighted by molar-refractivity contribution is 0.0955. The Kier molecular flexibility index (Phi) is 6.28. The summed E-state index contributed by atoms with van der Waals surface area (Å²) >= 11 is 9.18. The minimum atomic E-state index is -0.218. The van der Waals surface area contributed by atoms with Crippen LogP contribution in [0, 0.1) is 0 Å². The molecular weight excluding hydrogens is 372 g/mol. The first-order valence-electron chi connectivity index (χ1n) is 7.55. The van der Waals surface area contributed by atoms with Gasteiger partial charge >= 0.3 is 0 Å². The first-order chi connectivity index (χ1) is 12.2. The number of amides is 1. The van der Waals surface area contributed by atoms with E-state index < -0.39 is 0 Å². The number of thiophene rings is 1. The third kappa shape index (κ3) is 5.46. The number of carbonyl (C=O) groups excluding carboxylic acids is 1. The first-order valence-corrected chi connectivity index (χ1v) is 9.79. The molecule has 25 heavy (non-hydrogen) atoms. The van der Waals surface area contributed by atoms with E-state index in [2.05, 4.69) is 10.5 Å². The van der Waals surface area contributed by atoms with E-state index in [1.54, 1.807) is 29.3 Å². The lowest BCUT2D eigenvalue weighted by atomic mass is 10.1. The van der Waals surface area contributed by atoms with E-state index in [9.17, 15) is 4.79 Å². The van der Waals surface area contributed by atoms with Crippen molar-refractivity contribution in [1.82, 2.24) is 5.43 Å². The molecule has 126 valence electrons. The normalized spacial score (nSPS) is 10.9. The predicted molar refractivity (Wildman–Crippen MR) is 107 cm³/mol. The van der Waals surface area contributed by atoms with Gasteiger partial charge in [-0.1, -0.05) is 29.8 Å². The van der Waals surface area contributed by atoms with Gasteiger partial charge in [0.1, 0.15) is 0 Å². The second-order valence-corrected chi connectivity index (χ2v) is 7.62. The smallest absolute Gasteiger partial charge is 0.267 e. The summed E-state index contributed by atoms with van der Waals surface area (Å²) in [6.07, 6.45) is 1.64. The van der Waals surface area contributed by atoms with Crippen LogP contribution >= 0.6 is 34.7 Å². The predicted octanol–water partition coefficient (Wildman–Crippen LogP) is 5.46. The van der Waals surface area contributed by atoms with E-state index >= 15 is 0 Å². The number of carbonyl (C=O) groups is 1. The number of nitrogens with zero attached hydrogens (tertiary/aromatic N) is 1. The van der Waals surface area contributed by atoms with E-state index in [1.807, 2.05) is 66.0 Å². The van der Waals surface area contributed by atoms with Gasteiger partial charge in [0.05, 0.1) is 6.21 Å². The molecule has 3 aromatic rings. The highest BCUT2D eigenvalue weighted by Crippen LogP contribution is 2.24. The van der Waals surface area contributed by atoms with Crippen LogP contribution in [0.4, 0.5) is 0 Å². The molecule has 0 aliphatic carbocycles. The third-order valence-electron chi connectivity index (χ3n) is 3.34. The van der Waals surface area contributed by atoms with Crippen LogP contribution in [0.5, 0.6) is 0 Å². The van der Waals surface area contributed by atoms with Gasteiger partial charge in [-0.15, -0.1) is 23.1 Å². The van der Waals surface area contributed by atoms with Crippen molar-refractivity contribution in [2.45, 2.75) is 10.6 Å². The van der Waals surface area contributed by atoms with E-state index in [0.717, 1.165) is 26.1 Å². The summed E-state index contributed by atoms with van der Waals surface area (Å²) in [5.74, 6) is 0.616. The Hall–Kier alpha value is -2.08. The molecule has 1 N–H and O–H groups in total. The van der Waals surface area contributed by atoms with Gasteiger partial charge in [0.2, 0.25) is 0 Å². The number of thioether (sulfide) groups is 1. The van der Waals surface area contributed by atoms with Gasteiger partial charge in [-0.05, 0) is 53.4 Å². The van der Waals surface area contributed by atoms with Crippen LogP contribution in [0.15, 0.2) is 76.0 Å². The monoisotopic (exact) mass is 386 g/mol. The van der Waals surface area contributed by atoms with Gasteiger partial charge in [0, 0.05) is 26.1 Å². The number of hydrogen-bond acceptors (Lipinski definition) is 4. The lowest BCUT2D eigenvalue weighted by Crippen LogP contribution is -2.17. The Bertz CT molecular complexity index is 844. The summed E-state index contributed by atoms with van der Waals surface area (Å²) in [6.45, 7) is 0. The largest absolute Gasteiger partial charge is 0.271 e. The molecule has 0 aliphatic heterocycles. The van der Waals surface area contributed by atoms with Crippen molar-refractivity contribution in [3.05, 3.63) is 87.1 Å². The maximum Gasteiger partial charge on any atom is 0.271 e. The standard InChI is InChI=1S/C19H15ClN2OS2/c20-16-7-9-17(10-8-16)25-13-14-3-5-15(6-4-14)19(23)22-21-12-18-2-1-11-24-18/h1-12H,13H2,(H,22,23)/b21-12+. The summed E-state index contributed by atoms with van der Waals surface area (Å²) in [5, 5.41) is 6.67. The molecule has 0 saturated carbocycles. The second kappa shape index (κ2) is 8.85. The maximum atomic E-state index is 12.1. The summed E-state index contributed by atoms with van der Waals surface area (Å²) in [4.78, 5) is 14.2. The molecule has 0 aliphatic rings. The molecule has 6 heteroatoms. The molecule has 0 fully saturated rings. The van der Waals surface area contributed by atoms with Crippen LogP contribution in [0.25, 0.3) is 0 Å². The molecule has 0 atom stereocenters. The number of rotatable bonds is 6. The third-order valence-corrected chi connectivity index (χ3v) is 5.48. The van der Waals surface area contributed by atoms with Crippen LogP contribution in [0.3, 0.4) is 0 Å². The molecule has 3 rings (SSSR count). The fourth-order valence-corrected chi connectivity index (χ4v) is 3.60. The van der Waals surface area contributed by atoms with Gasteiger partial charge in [-0.2, -0.15) is 5.10 Å². The van der Waals surface area contributed by atoms with Crippen molar-refractivity contribution in [2.24, 2.45) is 5.10 Å². The van der Waals surface area contributed by atoms with Crippen molar-refractivity contribution in [3.8, 4) is 0 Å². The number of hydrogen-bond donors (Lipinski definition) is 1. The fourth-order valence-electron chi connectivity index (χ4n) is 2.03. The Balaban J connectivity index is 1.52. The number of benzene rings is 2. The molecule has 1 heterocycles. The van der Waals surface area contributed by atoms with Gasteiger partial charge in [0.25, 0.3) is 5.91 Å². The molecule has 1 amide bonds. The van der Waals surface area contributed by atoms with Crippen LogP contribution in [-0.2, 0) is 5.75 Å². The Morgan fingerprint density at radius 2 is 1.88 bits per heavy atom. The Morgan fingerprint density at radius 3 is 2.56 bits per heavy atom. The highest BCUT2D eigenvalue weighted by Gasteiger charge is 2.04. The van der Waals surface area contributed by atoms with Crippen LogP contribution in [0.2, 0.25) is 5.02 Å². The van der Waals surface area contributed by atoms with Crippen LogP contribution in [-0.4, -0.2) is 12.1 Å². The quantitative estimate of drug-likeness (QED) is 0.347. The second-order valence-electron chi connectivity index (χ2n) is 5.15. The number of halogens is 1. The van der Waals surface area contributed by atoms with Gasteiger partial charge < -0.3 is 0 Å². The zero-order chi connectivity index (χ0) is 17.5. The molecule has 1 aromatic heterocycles. The zero-order valence-electron chi connectivity index (χ0n) is 13.2. The minimum Gasteiger partial charge on any atom is -0.267 e. The summed E-state index contributed by atoms with van der Waals surface area (Å²) < 4.78 is 0. The van der Waals surface area contributed by atoms with Crippen LogP contribution in [0.1, 0.15) is 20.8 Å². The summed E-state index contributed by atoms with van der Waals surface area (Å²) in [5.41, 5.74) is 4.28. The number of nitrogens with one attached hydrogen (secondary N) is 1. The molecule has 0 saturated heterocycles.